The number of halogens is 3. The summed E-state index contributed by atoms with van der Waals surface area (Å²) in [4.78, 5) is 37.8. The Morgan fingerprint density at radius 1 is 1.08 bits per heavy atom. The number of amides is 2. The molecule has 0 spiro atoms. The van der Waals surface area contributed by atoms with Gasteiger partial charge in [0.05, 0.1) is 17.5 Å². The minimum atomic E-state index is -5.08. The lowest BCUT2D eigenvalue weighted by molar-refractivity contribution is -0.192. The van der Waals surface area contributed by atoms with E-state index in [2.05, 4.69) is 10.3 Å². The van der Waals surface area contributed by atoms with Crippen LogP contribution in [0.1, 0.15) is 34.5 Å². The molecule has 1 aromatic heterocycles. The lowest BCUT2D eigenvalue weighted by Gasteiger charge is -2.19. The summed E-state index contributed by atoms with van der Waals surface area (Å²) < 4.78 is 37.7. The number of aliphatic carboxylic acids is 1. The van der Waals surface area contributed by atoms with Gasteiger partial charge in [0.25, 0.3) is 5.91 Å². The van der Waals surface area contributed by atoms with Crippen LogP contribution >= 0.6 is 0 Å². The van der Waals surface area contributed by atoms with Crippen LogP contribution in [-0.4, -0.2) is 56.5 Å². The molecule has 1 aliphatic carbocycles. The number of carbonyl (C=O) groups excluding carboxylic acids is 2. The van der Waals surface area contributed by atoms with Crippen molar-refractivity contribution in [2.75, 3.05) is 0 Å². The monoisotopic (exact) mass is 549 g/mol. The largest absolute Gasteiger partial charge is 0.490 e. The van der Waals surface area contributed by atoms with Crippen molar-refractivity contribution in [1.29, 1.82) is 0 Å². The quantitative estimate of drug-likeness (QED) is 0.232. The number of hydrogen-bond donors (Lipinski definition) is 5. The maximum atomic E-state index is 12.6. The van der Waals surface area contributed by atoms with Gasteiger partial charge in [-0.05, 0) is 56.2 Å². The second kappa shape index (κ2) is 12.5. The average Bonchev–Trinajstić information content (AvgIpc) is 3.26. The summed E-state index contributed by atoms with van der Waals surface area (Å²) in [6.07, 6.45) is -5.34. The summed E-state index contributed by atoms with van der Waals surface area (Å²) in [5.74, 6) is -3.79. The molecule has 0 bridgehead atoms. The molecule has 1 heterocycles. The average molecular weight is 550 g/mol. The van der Waals surface area contributed by atoms with E-state index in [1.165, 1.54) is 0 Å². The Bertz CT molecular complexity index is 1330. The summed E-state index contributed by atoms with van der Waals surface area (Å²) >= 11 is 0. The molecule has 0 aliphatic heterocycles. The highest BCUT2D eigenvalue weighted by Crippen LogP contribution is 2.27. The SMILES string of the molecule is Cc1cc(COc2ccc(C(=O)N[C@@H]3C[C@H](O)C[C@@H]3C(=O)NO)cc2)c2ccccc2n1.O=C(O)C(F)(F)F. The van der Waals surface area contributed by atoms with Crippen molar-refractivity contribution in [3.8, 4) is 5.75 Å². The Balaban J connectivity index is 0.000000532. The van der Waals surface area contributed by atoms with Gasteiger partial charge < -0.3 is 20.3 Å². The van der Waals surface area contributed by atoms with Crippen LogP contribution < -0.4 is 15.5 Å². The topological polar surface area (TPSA) is 158 Å². The van der Waals surface area contributed by atoms with Gasteiger partial charge in [0.2, 0.25) is 5.91 Å². The number of aliphatic hydroxyl groups is 1. The van der Waals surface area contributed by atoms with Crippen molar-refractivity contribution < 1.29 is 47.7 Å². The lowest BCUT2D eigenvalue weighted by Crippen LogP contribution is -2.43. The molecule has 2 amide bonds. The van der Waals surface area contributed by atoms with Gasteiger partial charge in [0, 0.05) is 28.2 Å². The number of aryl methyl sites for hydroxylation is 1. The number of pyridine rings is 1. The van der Waals surface area contributed by atoms with E-state index in [0.717, 1.165) is 22.2 Å². The number of carboxylic acid groups (broad SMARTS) is 1. The highest BCUT2D eigenvalue weighted by Gasteiger charge is 2.39. The van der Waals surface area contributed by atoms with Crippen LogP contribution in [0.4, 0.5) is 13.2 Å². The number of hydroxylamine groups is 1. The summed E-state index contributed by atoms with van der Waals surface area (Å²) in [5.41, 5.74) is 4.87. The van der Waals surface area contributed by atoms with E-state index in [0.29, 0.717) is 17.9 Å². The Kier molecular flexibility index (Phi) is 9.43. The standard InChI is InChI=1S/C24H25N3O5.C2HF3O2/c1-14-10-16(19-4-2-3-5-21(19)25-14)13-32-18-8-6-15(7-9-18)23(29)26-22-12-17(28)11-20(22)24(30)27-31;3-2(4,5)1(6)7/h2-10,17,20,22,28,31H,11-13H2,1H3,(H,26,29)(H,27,30);(H,6,7)/t17-,20+,22-;/m1./s1. The van der Waals surface area contributed by atoms with Crippen molar-refractivity contribution >= 4 is 28.7 Å². The van der Waals surface area contributed by atoms with Gasteiger partial charge in [-0.25, -0.2) is 10.3 Å². The maximum Gasteiger partial charge on any atom is 0.490 e. The molecular weight excluding hydrogens is 523 g/mol. The second-order valence-corrected chi connectivity index (χ2v) is 8.84. The molecule has 4 rings (SSSR count). The number of benzene rings is 2. The number of ether oxygens (including phenoxy) is 1. The number of nitrogens with zero attached hydrogens (tertiary/aromatic N) is 1. The van der Waals surface area contributed by atoms with Gasteiger partial charge in [-0.15, -0.1) is 0 Å². The first-order valence-electron chi connectivity index (χ1n) is 11.7. The van der Waals surface area contributed by atoms with E-state index in [9.17, 15) is 27.9 Å². The highest BCUT2D eigenvalue weighted by atomic mass is 19.4. The smallest absolute Gasteiger partial charge is 0.489 e. The Hall–Kier alpha value is -4.23. The molecule has 1 aliphatic rings. The number of nitrogens with one attached hydrogen (secondary N) is 2. The van der Waals surface area contributed by atoms with Gasteiger partial charge in [-0.2, -0.15) is 13.2 Å². The van der Waals surface area contributed by atoms with E-state index in [4.69, 9.17) is 19.8 Å². The van der Waals surface area contributed by atoms with Crippen molar-refractivity contribution in [2.24, 2.45) is 5.92 Å². The van der Waals surface area contributed by atoms with E-state index in [1.54, 1.807) is 29.7 Å². The normalized spacial score (nSPS) is 18.6. The molecule has 1 saturated carbocycles. The fourth-order valence-corrected chi connectivity index (χ4v) is 4.17. The van der Waals surface area contributed by atoms with Crippen molar-refractivity contribution in [3.63, 3.8) is 0 Å². The number of alkyl halides is 3. The Labute approximate surface area is 220 Å². The third-order valence-corrected chi connectivity index (χ3v) is 5.98. The van der Waals surface area contributed by atoms with E-state index in [-0.39, 0.29) is 18.7 Å². The molecule has 13 heteroatoms. The zero-order chi connectivity index (χ0) is 28.7. The Morgan fingerprint density at radius 3 is 2.33 bits per heavy atom. The van der Waals surface area contributed by atoms with Gasteiger partial charge in [0.1, 0.15) is 12.4 Å². The summed E-state index contributed by atoms with van der Waals surface area (Å²) in [7, 11) is 0. The van der Waals surface area contributed by atoms with Crippen molar-refractivity contribution in [1.82, 2.24) is 15.8 Å². The first-order valence-corrected chi connectivity index (χ1v) is 11.7. The third kappa shape index (κ3) is 7.88. The molecule has 39 heavy (non-hydrogen) atoms. The molecule has 3 aromatic rings. The molecule has 0 radical (unpaired) electrons. The number of aliphatic hydroxyl groups excluding tert-OH is 1. The first kappa shape index (κ1) is 29.3. The van der Waals surface area contributed by atoms with Gasteiger partial charge in [0.15, 0.2) is 0 Å². The third-order valence-electron chi connectivity index (χ3n) is 5.98. The van der Waals surface area contributed by atoms with Crippen LogP contribution in [0, 0.1) is 12.8 Å². The van der Waals surface area contributed by atoms with E-state index >= 15 is 0 Å². The summed E-state index contributed by atoms with van der Waals surface area (Å²) in [6, 6.07) is 16.1. The fraction of sp³-hybridized carbons (Fsp3) is 0.308. The fourth-order valence-electron chi connectivity index (χ4n) is 4.17. The number of para-hydroxylation sites is 1. The number of carboxylic acids is 1. The zero-order valence-corrected chi connectivity index (χ0v) is 20.6. The van der Waals surface area contributed by atoms with Crippen LogP contribution in [0.3, 0.4) is 0 Å². The minimum Gasteiger partial charge on any atom is -0.489 e. The molecule has 3 atom stereocenters. The Morgan fingerprint density at radius 2 is 1.72 bits per heavy atom. The summed E-state index contributed by atoms with van der Waals surface area (Å²) in [6.45, 7) is 2.31. The molecule has 5 N–H and O–H groups in total. The molecule has 1 fully saturated rings. The van der Waals surface area contributed by atoms with E-state index in [1.807, 2.05) is 37.3 Å². The highest BCUT2D eigenvalue weighted by molar-refractivity contribution is 5.95. The van der Waals surface area contributed by atoms with Crippen molar-refractivity contribution in [2.45, 2.75) is 44.7 Å². The van der Waals surface area contributed by atoms with Gasteiger partial charge in [-0.3, -0.25) is 19.8 Å². The second-order valence-electron chi connectivity index (χ2n) is 8.84. The zero-order valence-electron chi connectivity index (χ0n) is 20.6. The number of aromatic nitrogens is 1. The van der Waals surface area contributed by atoms with Gasteiger partial charge >= 0.3 is 12.1 Å². The molecule has 2 aromatic carbocycles. The van der Waals surface area contributed by atoms with Crippen LogP contribution in [-0.2, 0) is 16.2 Å². The van der Waals surface area contributed by atoms with Crippen LogP contribution in [0.5, 0.6) is 5.75 Å². The van der Waals surface area contributed by atoms with E-state index < -0.39 is 36.1 Å². The number of rotatable bonds is 6. The van der Waals surface area contributed by atoms with Crippen LogP contribution in [0.25, 0.3) is 10.9 Å². The molecular formula is C26H26F3N3O7. The van der Waals surface area contributed by atoms with Gasteiger partial charge in [-0.1, -0.05) is 18.2 Å². The van der Waals surface area contributed by atoms with Crippen LogP contribution in [0.15, 0.2) is 54.6 Å². The predicted molar refractivity (Wildman–Crippen MR) is 131 cm³/mol. The predicted octanol–water partition coefficient (Wildman–Crippen LogP) is 3.13. The number of hydrogen-bond acceptors (Lipinski definition) is 7. The molecule has 0 saturated heterocycles. The van der Waals surface area contributed by atoms with Crippen molar-refractivity contribution in [3.05, 3.63) is 71.4 Å². The van der Waals surface area contributed by atoms with Crippen LogP contribution in [0.2, 0.25) is 0 Å². The molecule has 208 valence electrons. The maximum absolute atomic E-state index is 12.6. The number of fused-ring (bicyclic) bond motifs is 1. The number of carbonyl (C=O) groups is 3. The summed E-state index contributed by atoms with van der Waals surface area (Å²) in [5, 5.41) is 29.7. The molecule has 0 unspecified atom stereocenters. The lowest BCUT2D eigenvalue weighted by atomic mass is 10.0. The molecule has 10 nitrogen and oxygen atoms in total. The minimum absolute atomic E-state index is 0.188. The first-order chi connectivity index (χ1) is 18.4.